The normalized spacial score (nSPS) is 11.1. The van der Waals surface area contributed by atoms with Crippen LogP contribution in [-0.4, -0.2) is 22.6 Å². The summed E-state index contributed by atoms with van der Waals surface area (Å²) in [4.78, 5) is 22.4. The van der Waals surface area contributed by atoms with Crippen molar-refractivity contribution in [1.82, 2.24) is 5.32 Å². The van der Waals surface area contributed by atoms with E-state index >= 15 is 0 Å². The summed E-state index contributed by atoms with van der Waals surface area (Å²) in [6, 6.07) is 1.84. The Bertz CT molecular complexity index is 567. The van der Waals surface area contributed by atoms with Crippen LogP contribution in [0.3, 0.4) is 0 Å². The van der Waals surface area contributed by atoms with Crippen LogP contribution in [0.1, 0.15) is 26.7 Å². The number of aliphatic carboxylic acids is 1. The Morgan fingerprint density at radius 1 is 1.43 bits per heavy atom. The van der Waals surface area contributed by atoms with Crippen molar-refractivity contribution in [2.45, 2.75) is 32.2 Å². The van der Waals surface area contributed by atoms with Gasteiger partial charge in [0.1, 0.15) is 5.82 Å². The van der Waals surface area contributed by atoms with Gasteiger partial charge in [0.15, 0.2) is 0 Å². The van der Waals surface area contributed by atoms with Crippen LogP contribution >= 0.6 is 27.5 Å². The predicted molar refractivity (Wildman–Crippen MR) is 82.2 cm³/mol. The molecule has 0 atom stereocenters. The van der Waals surface area contributed by atoms with Gasteiger partial charge in [0.05, 0.1) is 15.2 Å². The lowest BCUT2D eigenvalue weighted by Crippen LogP contribution is -2.45. The number of rotatable bonds is 5. The Balaban J connectivity index is 2.69. The van der Waals surface area contributed by atoms with Gasteiger partial charge in [-0.05, 0) is 42.3 Å². The van der Waals surface area contributed by atoms with Gasteiger partial charge in [-0.15, -0.1) is 0 Å². The molecule has 0 aliphatic heterocycles. The van der Waals surface area contributed by atoms with Gasteiger partial charge >= 0.3 is 12.0 Å². The molecule has 0 bridgehead atoms. The number of halogens is 3. The average Bonchev–Trinajstić information content (AvgIpc) is 2.33. The molecule has 21 heavy (non-hydrogen) atoms. The van der Waals surface area contributed by atoms with Crippen molar-refractivity contribution < 1.29 is 19.1 Å². The first-order chi connectivity index (χ1) is 9.60. The molecule has 1 aromatic carbocycles. The van der Waals surface area contributed by atoms with Crippen molar-refractivity contribution in [2.75, 3.05) is 5.32 Å². The number of urea groups is 1. The molecule has 8 heteroatoms. The van der Waals surface area contributed by atoms with Gasteiger partial charge in [-0.1, -0.05) is 11.6 Å². The van der Waals surface area contributed by atoms with Crippen molar-refractivity contribution in [1.29, 1.82) is 0 Å². The molecule has 0 saturated carbocycles. The van der Waals surface area contributed by atoms with E-state index in [9.17, 15) is 14.0 Å². The standard InChI is InChI=1S/C13H15BrClFN2O3/c1-13(2,4-3-11(19)20)18-12(21)17-10-6-9(16)7(14)5-8(10)15/h5-6H,3-4H2,1-2H3,(H,19,20)(H2,17,18,21). The summed E-state index contributed by atoms with van der Waals surface area (Å²) < 4.78 is 13.6. The maximum absolute atomic E-state index is 13.4. The molecule has 116 valence electrons. The minimum atomic E-state index is -0.941. The van der Waals surface area contributed by atoms with Crippen molar-refractivity contribution >= 4 is 45.2 Å². The number of hydrogen-bond acceptors (Lipinski definition) is 2. The van der Waals surface area contributed by atoms with E-state index in [1.54, 1.807) is 13.8 Å². The molecule has 3 N–H and O–H groups in total. The highest BCUT2D eigenvalue weighted by atomic mass is 79.9. The number of benzene rings is 1. The van der Waals surface area contributed by atoms with Crippen LogP contribution in [0.4, 0.5) is 14.9 Å². The molecule has 5 nitrogen and oxygen atoms in total. The smallest absolute Gasteiger partial charge is 0.319 e. The zero-order valence-electron chi connectivity index (χ0n) is 11.5. The third-order valence-electron chi connectivity index (χ3n) is 2.67. The molecule has 0 heterocycles. The fourth-order valence-corrected chi connectivity index (χ4v) is 2.25. The second-order valence-corrected chi connectivity index (χ2v) is 6.36. The number of carboxylic acid groups (broad SMARTS) is 1. The lowest BCUT2D eigenvalue weighted by Gasteiger charge is -2.25. The summed E-state index contributed by atoms with van der Waals surface area (Å²) in [6.07, 6.45) is 0.194. The fourth-order valence-electron chi connectivity index (χ4n) is 1.56. The maximum atomic E-state index is 13.4. The Hall–Kier alpha value is -1.34. The monoisotopic (exact) mass is 380 g/mol. The van der Waals surface area contributed by atoms with Crippen LogP contribution in [0, 0.1) is 5.82 Å². The molecule has 2 amide bonds. The minimum Gasteiger partial charge on any atom is -0.481 e. The van der Waals surface area contributed by atoms with Crippen molar-refractivity contribution in [3.05, 3.63) is 27.4 Å². The molecule has 0 aromatic heterocycles. The number of carbonyl (C=O) groups excluding carboxylic acids is 1. The van der Waals surface area contributed by atoms with E-state index in [4.69, 9.17) is 16.7 Å². The number of amides is 2. The van der Waals surface area contributed by atoms with Gasteiger partial charge in [0, 0.05) is 18.0 Å². The molecule has 0 aliphatic carbocycles. The molecule has 1 rings (SSSR count). The lowest BCUT2D eigenvalue weighted by molar-refractivity contribution is -0.137. The van der Waals surface area contributed by atoms with Gasteiger partial charge in [0.25, 0.3) is 0 Å². The van der Waals surface area contributed by atoms with Crippen LogP contribution in [0.5, 0.6) is 0 Å². The van der Waals surface area contributed by atoms with E-state index in [2.05, 4.69) is 26.6 Å². The highest BCUT2D eigenvalue weighted by Crippen LogP contribution is 2.28. The Morgan fingerprint density at radius 2 is 2.05 bits per heavy atom. The van der Waals surface area contributed by atoms with Crippen LogP contribution < -0.4 is 10.6 Å². The molecular formula is C13H15BrClFN2O3. The summed E-state index contributed by atoms with van der Waals surface area (Å²) in [5.41, 5.74) is -0.591. The molecule has 0 spiro atoms. The van der Waals surface area contributed by atoms with E-state index in [0.717, 1.165) is 6.07 Å². The Labute approximate surface area is 135 Å². The summed E-state index contributed by atoms with van der Waals surface area (Å²) in [6.45, 7) is 3.39. The molecule has 0 fully saturated rings. The number of anilines is 1. The largest absolute Gasteiger partial charge is 0.481 e. The highest BCUT2D eigenvalue weighted by Gasteiger charge is 2.22. The number of carbonyl (C=O) groups is 2. The van der Waals surface area contributed by atoms with E-state index in [1.165, 1.54) is 6.07 Å². The van der Waals surface area contributed by atoms with Crippen LogP contribution in [0.25, 0.3) is 0 Å². The van der Waals surface area contributed by atoms with Gasteiger partial charge in [-0.25, -0.2) is 9.18 Å². The quantitative estimate of drug-likeness (QED) is 0.674. The van der Waals surface area contributed by atoms with E-state index < -0.39 is 23.4 Å². The van der Waals surface area contributed by atoms with Gasteiger partial charge in [0.2, 0.25) is 0 Å². The zero-order chi connectivity index (χ0) is 16.2. The topological polar surface area (TPSA) is 78.4 Å². The van der Waals surface area contributed by atoms with Crippen LogP contribution in [0.2, 0.25) is 5.02 Å². The summed E-state index contributed by atoms with van der Waals surface area (Å²) >= 11 is 8.89. The molecular weight excluding hydrogens is 367 g/mol. The lowest BCUT2D eigenvalue weighted by atomic mass is 9.99. The molecule has 0 unspecified atom stereocenters. The molecule has 0 aliphatic rings. The van der Waals surface area contributed by atoms with E-state index in [0.29, 0.717) is 0 Å². The maximum Gasteiger partial charge on any atom is 0.319 e. The van der Waals surface area contributed by atoms with Crippen LogP contribution in [0.15, 0.2) is 16.6 Å². The third kappa shape index (κ3) is 5.89. The number of hydrogen-bond donors (Lipinski definition) is 3. The summed E-state index contributed by atoms with van der Waals surface area (Å²) in [5.74, 6) is -1.50. The van der Waals surface area contributed by atoms with Crippen molar-refractivity contribution in [2.24, 2.45) is 0 Å². The average molecular weight is 382 g/mol. The minimum absolute atomic E-state index is 0.0685. The SMILES string of the molecule is CC(C)(CCC(=O)O)NC(=O)Nc1cc(F)c(Br)cc1Cl. The molecule has 1 aromatic rings. The zero-order valence-corrected chi connectivity index (χ0v) is 13.8. The second-order valence-electron chi connectivity index (χ2n) is 5.10. The number of nitrogens with one attached hydrogen (secondary N) is 2. The second kappa shape index (κ2) is 7.09. The summed E-state index contributed by atoms with van der Waals surface area (Å²) in [7, 11) is 0. The fraction of sp³-hybridized carbons (Fsp3) is 0.385. The van der Waals surface area contributed by atoms with E-state index in [1.807, 2.05) is 0 Å². The predicted octanol–water partition coefficient (Wildman–Crippen LogP) is 4.01. The Morgan fingerprint density at radius 3 is 2.62 bits per heavy atom. The van der Waals surface area contributed by atoms with E-state index in [-0.39, 0.29) is 28.0 Å². The highest BCUT2D eigenvalue weighted by molar-refractivity contribution is 9.10. The van der Waals surface area contributed by atoms with Gasteiger partial charge in [-0.2, -0.15) is 0 Å². The van der Waals surface area contributed by atoms with Gasteiger partial charge in [-0.3, -0.25) is 4.79 Å². The third-order valence-corrected chi connectivity index (χ3v) is 3.59. The Kier molecular flexibility index (Phi) is 5.98. The first-order valence-electron chi connectivity index (χ1n) is 6.06. The van der Waals surface area contributed by atoms with Crippen molar-refractivity contribution in [3.63, 3.8) is 0 Å². The van der Waals surface area contributed by atoms with Crippen molar-refractivity contribution in [3.8, 4) is 0 Å². The first-order valence-corrected chi connectivity index (χ1v) is 7.23. The molecule has 0 saturated heterocycles. The summed E-state index contributed by atoms with van der Waals surface area (Å²) in [5, 5.41) is 13.9. The molecule has 0 radical (unpaired) electrons. The first kappa shape index (κ1) is 17.7. The number of carboxylic acids is 1. The van der Waals surface area contributed by atoms with Crippen LogP contribution in [-0.2, 0) is 4.79 Å². The van der Waals surface area contributed by atoms with Gasteiger partial charge < -0.3 is 15.7 Å².